The first kappa shape index (κ1) is 16.8. The van der Waals surface area contributed by atoms with Crippen molar-refractivity contribution in [3.05, 3.63) is 59.7 Å². The average Bonchev–Trinajstić information content (AvgIpc) is 3.07. The molecular formula is C19H20F3NO. The fraction of sp³-hybridized carbons (Fsp3) is 0.368. The van der Waals surface area contributed by atoms with E-state index in [9.17, 15) is 13.2 Å². The standard InChI is InChI=1S/C19H20F3NO/c20-19(21,22)17-5-1-2-6-18(17)24-16-11-8-14(9-12-16)7-10-15-4-3-13-23-15/h1-2,5-6,8-9,11-12,15,23H,3-4,7,10,13H2. The van der Waals surface area contributed by atoms with Gasteiger partial charge in [0.05, 0.1) is 5.56 Å². The van der Waals surface area contributed by atoms with Crippen molar-refractivity contribution in [2.45, 2.75) is 37.9 Å². The molecule has 5 heteroatoms. The monoisotopic (exact) mass is 335 g/mol. The Morgan fingerprint density at radius 2 is 1.79 bits per heavy atom. The maximum absolute atomic E-state index is 13.0. The van der Waals surface area contributed by atoms with Crippen LogP contribution in [-0.2, 0) is 12.6 Å². The van der Waals surface area contributed by atoms with E-state index in [0.717, 1.165) is 25.5 Å². The van der Waals surface area contributed by atoms with E-state index in [2.05, 4.69) is 5.32 Å². The van der Waals surface area contributed by atoms with Crippen LogP contribution in [-0.4, -0.2) is 12.6 Å². The molecule has 128 valence electrons. The van der Waals surface area contributed by atoms with Gasteiger partial charge in [0.2, 0.25) is 0 Å². The predicted octanol–water partition coefficient (Wildman–Crippen LogP) is 5.18. The molecule has 1 saturated heterocycles. The Balaban J connectivity index is 1.64. The Hall–Kier alpha value is -2.01. The number of nitrogens with one attached hydrogen (secondary N) is 1. The molecule has 2 aromatic carbocycles. The normalized spacial score (nSPS) is 17.9. The first-order valence-corrected chi connectivity index (χ1v) is 8.19. The molecule has 0 radical (unpaired) electrons. The Morgan fingerprint density at radius 3 is 2.46 bits per heavy atom. The molecular weight excluding hydrogens is 315 g/mol. The number of benzene rings is 2. The number of aryl methyl sites for hydroxylation is 1. The van der Waals surface area contributed by atoms with Crippen LogP contribution in [0.1, 0.15) is 30.4 Å². The highest BCUT2D eigenvalue weighted by atomic mass is 19.4. The molecule has 1 N–H and O–H groups in total. The second-order valence-electron chi connectivity index (χ2n) is 6.07. The van der Waals surface area contributed by atoms with Crippen molar-refractivity contribution >= 4 is 0 Å². The summed E-state index contributed by atoms with van der Waals surface area (Å²) < 4.78 is 44.4. The first-order chi connectivity index (χ1) is 11.5. The summed E-state index contributed by atoms with van der Waals surface area (Å²) in [6, 6.07) is 13.1. The van der Waals surface area contributed by atoms with Gasteiger partial charge >= 0.3 is 6.18 Å². The quantitative estimate of drug-likeness (QED) is 0.813. The maximum Gasteiger partial charge on any atom is 0.419 e. The van der Waals surface area contributed by atoms with Gasteiger partial charge in [0.25, 0.3) is 0 Å². The van der Waals surface area contributed by atoms with Gasteiger partial charge in [-0.25, -0.2) is 0 Å². The summed E-state index contributed by atoms with van der Waals surface area (Å²) in [6.07, 6.45) is 0.0600. The van der Waals surface area contributed by atoms with Crippen molar-refractivity contribution in [3.8, 4) is 11.5 Å². The second kappa shape index (κ2) is 7.26. The van der Waals surface area contributed by atoms with Crippen LogP contribution in [0.2, 0.25) is 0 Å². The molecule has 0 amide bonds. The van der Waals surface area contributed by atoms with Crippen molar-refractivity contribution in [1.29, 1.82) is 0 Å². The largest absolute Gasteiger partial charge is 0.457 e. The molecule has 24 heavy (non-hydrogen) atoms. The van der Waals surface area contributed by atoms with E-state index < -0.39 is 11.7 Å². The van der Waals surface area contributed by atoms with Crippen LogP contribution in [0.15, 0.2) is 48.5 Å². The topological polar surface area (TPSA) is 21.3 Å². The van der Waals surface area contributed by atoms with Crippen LogP contribution < -0.4 is 10.1 Å². The minimum atomic E-state index is -4.43. The third kappa shape index (κ3) is 4.29. The van der Waals surface area contributed by atoms with E-state index in [-0.39, 0.29) is 5.75 Å². The average molecular weight is 335 g/mol. The number of hydrogen-bond donors (Lipinski definition) is 1. The molecule has 1 heterocycles. The molecule has 1 fully saturated rings. The van der Waals surface area contributed by atoms with Gasteiger partial charge in [0, 0.05) is 6.04 Å². The summed E-state index contributed by atoms with van der Waals surface area (Å²) in [5, 5.41) is 3.46. The van der Waals surface area contributed by atoms with Gasteiger partial charge in [-0.15, -0.1) is 0 Å². The highest BCUT2D eigenvalue weighted by Gasteiger charge is 2.34. The van der Waals surface area contributed by atoms with Gasteiger partial charge in [-0.05, 0) is 62.1 Å². The zero-order valence-corrected chi connectivity index (χ0v) is 13.3. The molecule has 0 spiro atoms. The molecule has 1 atom stereocenters. The summed E-state index contributed by atoms with van der Waals surface area (Å²) in [4.78, 5) is 0. The van der Waals surface area contributed by atoms with Crippen LogP contribution in [0.3, 0.4) is 0 Å². The zero-order chi connectivity index (χ0) is 17.0. The summed E-state index contributed by atoms with van der Waals surface area (Å²) in [7, 11) is 0. The highest BCUT2D eigenvalue weighted by Crippen LogP contribution is 2.37. The van der Waals surface area contributed by atoms with Crippen molar-refractivity contribution in [1.82, 2.24) is 5.32 Å². The van der Waals surface area contributed by atoms with Crippen LogP contribution in [0, 0.1) is 0 Å². The lowest BCUT2D eigenvalue weighted by Gasteiger charge is -2.14. The van der Waals surface area contributed by atoms with Crippen LogP contribution in [0.4, 0.5) is 13.2 Å². The van der Waals surface area contributed by atoms with Crippen LogP contribution >= 0.6 is 0 Å². The molecule has 0 saturated carbocycles. The van der Waals surface area contributed by atoms with E-state index in [4.69, 9.17) is 4.74 Å². The molecule has 1 aliphatic heterocycles. The van der Waals surface area contributed by atoms with Crippen molar-refractivity contribution in [2.24, 2.45) is 0 Å². The number of para-hydroxylation sites is 1. The van der Waals surface area contributed by atoms with E-state index in [1.54, 1.807) is 12.1 Å². The predicted molar refractivity (Wildman–Crippen MR) is 87.3 cm³/mol. The smallest absolute Gasteiger partial charge is 0.419 e. The van der Waals surface area contributed by atoms with Gasteiger partial charge in [-0.2, -0.15) is 13.2 Å². The number of alkyl halides is 3. The van der Waals surface area contributed by atoms with Crippen LogP contribution in [0.5, 0.6) is 11.5 Å². The van der Waals surface area contributed by atoms with Gasteiger partial charge in [0.1, 0.15) is 11.5 Å². The van der Waals surface area contributed by atoms with Gasteiger partial charge in [-0.1, -0.05) is 24.3 Å². The molecule has 2 aromatic rings. The van der Waals surface area contributed by atoms with Crippen LogP contribution in [0.25, 0.3) is 0 Å². The zero-order valence-electron chi connectivity index (χ0n) is 13.3. The number of halogens is 3. The Labute approximate surface area is 139 Å². The van der Waals surface area contributed by atoms with E-state index >= 15 is 0 Å². The number of hydrogen-bond acceptors (Lipinski definition) is 2. The molecule has 1 unspecified atom stereocenters. The van der Waals surface area contributed by atoms with Gasteiger partial charge in [0.15, 0.2) is 0 Å². The van der Waals surface area contributed by atoms with Crippen molar-refractivity contribution in [2.75, 3.05) is 6.54 Å². The lowest BCUT2D eigenvalue weighted by atomic mass is 10.0. The van der Waals surface area contributed by atoms with Crippen molar-refractivity contribution < 1.29 is 17.9 Å². The fourth-order valence-electron chi connectivity index (χ4n) is 2.98. The number of rotatable bonds is 5. The molecule has 3 rings (SSSR count). The third-order valence-electron chi connectivity index (χ3n) is 4.29. The van der Waals surface area contributed by atoms with Crippen molar-refractivity contribution in [3.63, 3.8) is 0 Å². The number of ether oxygens (including phenoxy) is 1. The molecule has 0 aromatic heterocycles. The lowest BCUT2D eigenvalue weighted by molar-refractivity contribution is -0.138. The summed E-state index contributed by atoms with van der Waals surface area (Å²) in [5.74, 6) is 0.238. The fourth-order valence-corrected chi connectivity index (χ4v) is 2.98. The SMILES string of the molecule is FC(F)(F)c1ccccc1Oc1ccc(CCC2CCCN2)cc1. The van der Waals surface area contributed by atoms with Gasteiger partial charge < -0.3 is 10.1 Å². The summed E-state index contributed by atoms with van der Waals surface area (Å²) >= 11 is 0. The molecule has 1 aliphatic rings. The second-order valence-corrected chi connectivity index (χ2v) is 6.07. The lowest BCUT2D eigenvalue weighted by Crippen LogP contribution is -2.21. The maximum atomic E-state index is 13.0. The van der Waals surface area contributed by atoms with E-state index in [1.165, 1.54) is 36.6 Å². The summed E-state index contributed by atoms with van der Waals surface area (Å²) in [5.41, 5.74) is 0.404. The molecule has 2 nitrogen and oxygen atoms in total. The third-order valence-corrected chi connectivity index (χ3v) is 4.29. The van der Waals surface area contributed by atoms with Gasteiger partial charge in [-0.3, -0.25) is 0 Å². The Kier molecular flexibility index (Phi) is 5.09. The minimum absolute atomic E-state index is 0.173. The first-order valence-electron chi connectivity index (χ1n) is 8.19. The highest BCUT2D eigenvalue weighted by molar-refractivity contribution is 5.40. The summed E-state index contributed by atoms with van der Waals surface area (Å²) in [6.45, 7) is 1.09. The Bertz CT molecular complexity index is 661. The molecule has 0 aliphatic carbocycles. The van der Waals surface area contributed by atoms with E-state index in [0.29, 0.717) is 11.8 Å². The molecule has 0 bridgehead atoms. The minimum Gasteiger partial charge on any atom is -0.457 e. The van der Waals surface area contributed by atoms with E-state index in [1.807, 2.05) is 12.1 Å². The Morgan fingerprint density at radius 1 is 1.04 bits per heavy atom.